The van der Waals surface area contributed by atoms with Gasteiger partial charge in [0.25, 0.3) is 0 Å². The Morgan fingerprint density at radius 2 is 2.31 bits per heavy atom. The maximum Gasteiger partial charge on any atom is 0.234 e. The molecule has 0 saturated heterocycles. The smallest absolute Gasteiger partial charge is 0.234 e. The number of hydrogen-bond acceptors (Lipinski definition) is 4. The van der Waals surface area contributed by atoms with Crippen LogP contribution in [-0.4, -0.2) is 27.7 Å². The second-order valence-electron chi connectivity index (χ2n) is 2.11. The van der Waals surface area contributed by atoms with E-state index in [4.69, 9.17) is 0 Å². The first-order valence-corrected chi connectivity index (χ1v) is 3.73. The third-order valence-corrected chi connectivity index (χ3v) is 1.37. The van der Waals surface area contributed by atoms with Gasteiger partial charge >= 0.3 is 0 Å². The molecule has 0 aliphatic carbocycles. The monoisotopic (exact) mass is 178 g/mol. The number of fused-ring (bicyclic) bond motifs is 1. The van der Waals surface area contributed by atoms with E-state index < -0.39 is 0 Å². The fourth-order valence-electron chi connectivity index (χ4n) is 0.905. The SMILES string of the molecule is CN.O=Cc1cn2cccnc2n1. The largest absolute Gasteiger partial charge is 0.333 e. The molecule has 0 spiro atoms. The van der Waals surface area contributed by atoms with Crippen LogP contribution >= 0.6 is 0 Å². The molecule has 0 unspecified atom stereocenters. The molecule has 2 aromatic heterocycles. The molecule has 0 aromatic carbocycles. The number of carbonyl (C=O) groups excluding carboxylic acids is 1. The van der Waals surface area contributed by atoms with Crippen LogP contribution in [0.25, 0.3) is 5.78 Å². The van der Waals surface area contributed by atoms with Gasteiger partial charge in [-0.25, -0.2) is 9.97 Å². The van der Waals surface area contributed by atoms with Crippen molar-refractivity contribution in [3.8, 4) is 0 Å². The molecule has 0 amide bonds. The predicted octanol–water partition coefficient (Wildman–Crippen LogP) is 0.117. The number of aromatic nitrogens is 3. The molecule has 5 heteroatoms. The maximum atomic E-state index is 10.3. The summed E-state index contributed by atoms with van der Waals surface area (Å²) in [6.45, 7) is 0. The molecular formula is C8H10N4O. The molecular weight excluding hydrogens is 168 g/mol. The number of imidazole rings is 1. The molecule has 0 radical (unpaired) electrons. The van der Waals surface area contributed by atoms with Gasteiger partial charge in [0, 0.05) is 18.6 Å². The lowest BCUT2D eigenvalue weighted by Gasteiger charge is -1.85. The Hall–Kier alpha value is -1.75. The van der Waals surface area contributed by atoms with E-state index in [1.807, 2.05) is 0 Å². The molecule has 2 rings (SSSR count). The minimum absolute atomic E-state index is 0.406. The molecule has 68 valence electrons. The zero-order valence-electron chi connectivity index (χ0n) is 7.21. The average Bonchev–Trinajstić information content (AvgIpc) is 2.63. The third kappa shape index (κ3) is 1.88. The number of rotatable bonds is 1. The highest BCUT2D eigenvalue weighted by Crippen LogP contribution is 1.97. The van der Waals surface area contributed by atoms with E-state index >= 15 is 0 Å². The van der Waals surface area contributed by atoms with Gasteiger partial charge in [-0.3, -0.25) is 9.20 Å². The molecule has 0 aliphatic rings. The van der Waals surface area contributed by atoms with Crippen molar-refractivity contribution in [3.63, 3.8) is 0 Å². The predicted molar refractivity (Wildman–Crippen MR) is 48.5 cm³/mol. The quantitative estimate of drug-likeness (QED) is 0.629. The van der Waals surface area contributed by atoms with Gasteiger partial charge in [-0.1, -0.05) is 0 Å². The van der Waals surface area contributed by atoms with Crippen LogP contribution in [0.4, 0.5) is 0 Å². The lowest BCUT2D eigenvalue weighted by molar-refractivity contribution is 0.111. The highest BCUT2D eigenvalue weighted by Gasteiger charge is 1.97. The van der Waals surface area contributed by atoms with E-state index in [1.54, 1.807) is 29.1 Å². The van der Waals surface area contributed by atoms with Crippen molar-refractivity contribution in [1.82, 2.24) is 14.4 Å². The Morgan fingerprint density at radius 1 is 1.54 bits per heavy atom. The minimum Gasteiger partial charge on any atom is -0.333 e. The second kappa shape index (κ2) is 4.32. The molecule has 0 aliphatic heterocycles. The number of nitrogens with two attached hydrogens (primary N) is 1. The van der Waals surface area contributed by atoms with Crippen LogP contribution in [0.2, 0.25) is 0 Å². The van der Waals surface area contributed by atoms with Gasteiger partial charge in [-0.15, -0.1) is 0 Å². The number of carbonyl (C=O) groups is 1. The topological polar surface area (TPSA) is 73.3 Å². The third-order valence-electron chi connectivity index (χ3n) is 1.37. The Labute approximate surface area is 75.2 Å². The standard InChI is InChI=1S/C7H5N3O.CH5N/c11-5-6-4-10-3-1-2-8-7(10)9-6;1-2/h1-5H;2H2,1H3. The summed E-state index contributed by atoms with van der Waals surface area (Å²) in [6, 6.07) is 1.78. The summed E-state index contributed by atoms with van der Waals surface area (Å²) in [5.74, 6) is 0.551. The van der Waals surface area contributed by atoms with Crippen LogP contribution < -0.4 is 5.73 Å². The lowest BCUT2D eigenvalue weighted by atomic mass is 10.5. The Bertz CT molecular complexity index is 363. The molecule has 2 aromatic rings. The van der Waals surface area contributed by atoms with Crippen LogP contribution in [0.1, 0.15) is 10.5 Å². The van der Waals surface area contributed by atoms with E-state index in [-0.39, 0.29) is 0 Å². The average molecular weight is 178 g/mol. The Kier molecular flexibility index (Phi) is 3.10. The van der Waals surface area contributed by atoms with Crippen LogP contribution in [0.3, 0.4) is 0 Å². The summed E-state index contributed by atoms with van der Waals surface area (Å²) in [6.07, 6.45) is 5.77. The van der Waals surface area contributed by atoms with Gasteiger partial charge < -0.3 is 5.73 Å². The van der Waals surface area contributed by atoms with Crippen molar-refractivity contribution in [2.75, 3.05) is 7.05 Å². The van der Waals surface area contributed by atoms with Crippen LogP contribution in [-0.2, 0) is 0 Å². The molecule has 2 heterocycles. The van der Waals surface area contributed by atoms with Gasteiger partial charge in [-0.2, -0.15) is 0 Å². The van der Waals surface area contributed by atoms with Crippen molar-refractivity contribution in [1.29, 1.82) is 0 Å². The van der Waals surface area contributed by atoms with Crippen molar-refractivity contribution >= 4 is 12.1 Å². The van der Waals surface area contributed by atoms with Gasteiger partial charge in [-0.05, 0) is 13.1 Å². The van der Waals surface area contributed by atoms with Gasteiger partial charge in [0.15, 0.2) is 6.29 Å². The normalized spacial score (nSPS) is 9.08. The number of hydrogen-bond donors (Lipinski definition) is 1. The van der Waals surface area contributed by atoms with Gasteiger partial charge in [0.05, 0.1) is 0 Å². The van der Waals surface area contributed by atoms with E-state index in [9.17, 15) is 4.79 Å². The van der Waals surface area contributed by atoms with Crippen LogP contribution in [0, 0.1) is 0 Å². The first-order chi connectivity index (χ1) is 6.40. The van der Waals surface area contributed by atoms with Crippen LogP contribution in [0.5, 0.6) is 0 Å². The fraction of sp³-hybridized carbons (Fsp3) is 0.125. The molecule has 2 N–H and O–H groups in total. The van der Waals surface area contributed by atoms with Crippen molar-refractivity contribution in [3.05, 3.63) is 30.4 Å². The molecule has 0 fully saturated rings. The first-order valence-electron chi connectivity index (χ1n) is 3.73. The summed E-state index contributed by atoms with van der Waals surface area (Å²) in [7, 11) is 1.50. The number of nitrogens with zero attached hydrogens (tertiary/aromatic N) is 3. The summed E-state index contributed by atoms with van der Waals surface area (Å²) in [5, 5.41) is 0. The van der Waals surface area contributed by atoms with Gasteiger partial charge in [0.1, 0.15) is 5.69 Å². The van der Waals surface area contributed by atoms with Crippen molar-refractivity contribution < 1.29 is 4.79 Å². The van der Waals surface area contributed by atoms with E-state index in [2.05, 4.69) is 15.7 Å². The molecule has 13 heavy (non-hydrogen) atoms. The van der Waals surface area contributed by atoms with E-state index in [0.717, 1.165) is 0 Å². The summed E-state index contributed by atoms with van der Waals surface area (Å²) < 4.78 is 1.70. The minimum atomic E-state index is 0.406. The van der Waals surface area contributed by atoms with Crippen LogP contribution in [0.15, 0.2) is 24.7 Å². The highest BCUT2D eigenvalue weighted by atomic mass is 16.1. The second-order valence-corrected chi connectivity index (χ2v) is 2.11. The van der Waals surface area contributed by atoms with Crippen molar-refractivity contribution in [2.24, 2.45) is 5.73 Å². The zero-order valence-corrected chi connectivity index (χ0v) is 7.21. The Morgan fingerprint density at radius 3 is 2.92 bits per heavy atom. The molecule has 5 nitrogen and oxygen atoms in total. The Balaban J connectivity index is 0.000000396. The highest BCUT2D eigenvalue weighted by molar-refractivity contribution is 5.72. The number of aldehydes is 1. The summed E-state index contributed by atoms with van der Waals surface area (Å²) >= 11 is 0. The summed E-state index contributed by atoms with van der Waals surface area (Å²) in [4.78, 5) is 18.1. The van der Waals surface area contributed by atoms with E-state index in [0.29, 0.717) is 17.8 Å². The molecule has 0 saturated carbocycles. The maximum absolute atomic E-state index is 10.3. The lowest BCUT2D eigenvalue weighted by Crippen LogP contribution is -1.82. The van der Waals surface area contributed by atoms with E-state index in [1.165, 1.54) is 7.05 Å². The zero-order chi connectivity index (χ0) is 9.68. The van der Waals surface area contributed by atoms with Gasteiger partial charge in [0.2, 0.25) is 5.78 Å². The summed E-state index contributed by atoms with van der Waals surface area (Å²) in [5.41, 5.74) is 4.91. The molecule has 0 bridgehead atoms. The molecule has 0 atom stereocenters. The first kappa shape index (κ1) is 9.34. The fourth-order valence-corrected chi connectivity index (χ4v) is 0.905. The van der Waals surface area contributed by atoms with Crippen molar-refractivity contribution in [2.45, 2.75) is 0 Å².